The van der Waals surface area contributed by atoms with Crippen LogP contribution in [0.5, 0.6) is 0 Å². The predicted molar refractivity (Wildman–Crippen MR) is 146 cm³/mol. The molecule has 0 spiro atoms. The van der Waals surface area contributed by atoms with Crippen LogP contribution in [0.15, 0.2) is 102 Å². The Morgan fingerprint density at radius 1 is 0.972 bits per heavy atom. The summed E-state index contributed by atoms with van der Waals surface area (Å²) < 4.78 is 41.0. The van der Waals surface area contributed by atoms with E-state index >= 15 is 0 Å². The molecule has 36 heavy (non-hydrogen) atoms. The average Bonchev–Trinajstić information content (AvgIpc) is 2.86. The fourth-order valence-electron chi connectivity index (χ4n) is 3.46. The van der Waals surface area contributed by atoms with Gasteiger partial charge >= 0.3 is 0 Å². The molecule has 3 rings (SSSR count). The van der Waals surface area contributed by atoms with Crippen LogP contribution in [0.3, 0.4) is 0 Å². The van der Waals surface area contributed by atoms with Gasteiger partial charge in [-0.15, -0.1) is 0 Å². The Bertz CT molecular complexity index is 1380. The summed E-state index contributed by atoms with van der Waals surface area (Å²) in [5, 5.41) is 3.65. The first kappa shape index (κ1) is 26.8. The molecule has 6 heteroatoms. The molecule has 0 aliphatic rings. The first-order chi connectivity index (χ1) is 17.2. The maximum atomic E-state index is 14.2. The lowest BCUT2D eigenvalue weighted by Gasteiger charge is -2.15. The maximum absolute atomic E-state index is 14.2. The third-order valence-electron chi connectivity index (χ3n) is 5.42. The van der Waals surface area contributed by atoms with Gasteiger partial charge < -0.3 is 5.32 Å². The summed E-state index contributed by atoms with van der Waals surface area (Å²) >= 11 is 6.47. The molecule has 0 bridgehead atoms. The zero-order chi connectivity index (χ0) is 26.2. The van der Waals surface area contributed by atoms with Gasteiger partial charge in [0, 0.05) is 39.4 Å². The Kier molecular flexibility index (Phi) is 9.09. The van der Waals surface area contributed by atoms with E-state index < -0.39 is 11.6 Å². The molecule has 0 radical (unpaired) electrons. The van der Waals surface area contributed by atoms with Crippen LogP contribution in [0.2, 0.25) is 5.02 Å². The lowest BCUT2D eigenvalue weighted by Crippen LogP contribution is -2.01. The van der Waals surface area contributed by atoms with Gasteiger partial charge in [0.2, 0.25) is 0 Å². The Morgan fingerprint density at radius 2 is 1.69 bits per heavy atom. The van der Waals surface area contributed by atoms with Crippen LogP contribution in [0, 0.1) is 17.5 Å². The number of benzene rings is 3. The van der Waals surface area contributed by atoms with Crippen molar-refractivity contribution in [3.63, 3.8) is 0 Å². The van der Waals surface area contributed by atoms with E-state index in [1.807, 2.05) is 44.2 Å². The molecule has 0 amide bonds. The van der Waals surface area contributed by atoms with Crippen molar-refractivity contribution in [2.75, 3.05) is 5.32 Å². The fourth-order valence-corrected chi connectivity index (χ4v) is 3.69. The highest BCUT2D eigenvalue weighted by atomic mass is 35.5. The molecule has 0 saturated carbocycles. The monoisotopic (exact) mass is 506 g/mol. The van der Waals surface area contributed by atoms with Crippen molar-refractivity contribution in [2.45, 2.75) is 20.8 Å². The first-order valence-corrected chi connectivity index (χ1v) is 11.6. The van der Waals surface area contributed by atoms with E-state index in [1.165, 1.54) is 24.3 Å². The number of hydrogen-bond acceptors (Lipinski definition) is 2. The van der Waals surface area contributed by atoms with Crippen molar-refractivity contribution in [3.05, 3.63) is 136 Å². The smallest absolute Gasteiger partial charge is 0.167 e. The van der Waals surface area contributed by atoms with Crippen molar-refractivity contribution in [1.82, 2.24) is 0 Å². The highest BCUT2D eigenvalue weighted by Crippen LogP contribution is 2.31. The number of halogens is 4. The SMILES string of the molecule is C=C(Nc1ccc(F)cc1)c1cc(C(=C/C=C\C)/C(C)=C/N=C(C)c2cccc(F)c2F)ccc1Cl. The quantitative estimate of drug-likeness (QED) is 0.239. The third-order valence-corrected chi connectivity index (χ3v) is 5.74. The summed E-state index contributed by atoms with van der Waals surface area (Å²) in [5.41, 5.74) is 4.88. The number of anilines is 1. The maximum Gasteiger partial charge on any atom is 0.167 e. The van der Waals surface area contributed by atoms with Gasteiger partial charge in [-0.25, -0.2) is 13.2 Å². The normalized spacial score (nSPS) is 12.8. The van der Waals surface area contributed by atoms with Gasteiger partial charge in [0.25, 0.3) is 0 Å². The molecule has 3 aromatic carbocycles. The van der Waals surface area contributed by atoms with E-state index in [2.05, 4.69) is 16.9 Å². The number of nitrogens with zero attached hydrogens (tertiary/aromatic N) is 1. The summed E-state index contributed by atoms with van der Waals surface area (Å²) in [5.74, 6) is -2.17. The highest BCUT2D eigenvalue weighted by molar-refractivity contribution is 6.32. The summed E-state index contributed by atoms with van der Waals surface area (Å²) in [6.07, 6.45) is 7.35. The number of rotatable bonds is 8. The van der Waals surface area contributed by atoms with Crippen LogP contribution < -0.4 is 5.32 Å². The number of nitrogens with one attached hydrogen (secondary N) is 1. The minimum Gasteiger partial charge on any atom is -0.355 e. The zero-order valence-corrected chi connectivity index (χ0v) is 21.0. The molecular formula is C30H26ClF3N2. The van der Waals surface area contributed by atoms with Gasteiger partial charge in [0.15, 0.2) is 11.6 Å². The van der Waals surface area contributed by atoms with Crippen LogP contribution >= 0.6 is 11.6 Å². The molecule has 184 valence electrons. The number of allylic oxidation sites excluding steroid dienone is 5. The Labute approximate surface area is 214 Å². The number of aliphatic imine (C=N–C) groups is 1. The molecule has 2 nitrogen and oxygen atoms in total. The molecule has 0 aliphatic heterocycles. The largest absolute Gasteiger partial charge is 0.355 e. The molecule has 0 saturated heterocycles. The van der Waals surface area contributed by atoms with E-state index in [9.17, 15) is 13.2 Å². The van der Waals surface area contributed by atoms with E-state index in [-0.39, 0.29) is 11.4 Å². The third kappa shape index (κ3) is 6.64. The molecule has 0 aliphatic carbocycles. The molecule has 3 aromatic rings. The second kappa shape index (κ2) is 12.2. The van der Waals surface area contributed by atoms with Gasteiger partial charge in [0.05, 0.1) is 0 Å². The first-order valence-electron chi connectivity index (χ1n) is 11.2. The van der Waals surface area contributed by atoms with Crippen LogP contribution in [0.25, 0.3) is 11.3 Å². The van der Waals surface area contributed by atoms with E-state index in [4.69, 9.17) is 11.6 Å². The second-order valence-electron chi connectivity index (χ2n) is 8.04. The van der Waals surface area contributed by atoms with Gasteiger partial charge in [0.1, 0.15) is 5.82 Å². The number of hydrogen-bond donors (Lipinski definition) is 1. The van der Waals surface area contributed by atoms with Gasteiger partial charge in [-0.05, 0) is 86.0 Å². The highest BCUT2D eigenvalue weighted by Gasteiger charge is 2.12. The van der Waals surface area contributed by atoms with Gasteiger partial charge in [-0.1, -0.05) is 48.5 Å². The summed E-state index contributed by atoms with van der Waals surface area (Å²) in [7, 11) is 0. The average molecular weight is 507 g/mol. The lowest BCUT2D eigenvalue weighted by molar-refractivity contribution is 0.507. The molecule has 0 aromatic heterocycles. The van der Waals surface area contributed by atoms with E-state index in [1.54, 1.807) is 31.3 Å². The van der Waals surface area contributed by atoms with Crippen molar-refractivity contribution in [2.24, 2.45) is 4.99 Å². The van der Waals surface area contributed by atoms with Gasteiger partial charge in [-0.2, -0.15) is 0 Å². The second-order valence-corrected chi connectivity index (χ2v) is 8.45. The molecule has 0 fully saturated rings. The van der Waals surface area contributed by atoms with Gasteiger partial charge in [-0.3, -0.25) is 4.99 Å². The fraction of sp³-hybridized carbons (Fsp3) is 0.100. The van der Waals surface area contributed by atoms with E-state index in [0.29, 0.717) is 27.7 Å². The summed E-state index contributed by atoms with van der Waals surface area (Å²) in [6, 6.07) is 15.5. The standard InChI is InChI=1S/C30H26ClF3N2/c1-5-6-8-25(19(2)18-35-20(3)26-9-7-10-29(33)30(26)34)22-11-16-28(31)27(17-22)21(4)36-24-14-12-23(32)13-15-24/h5-18,36H,4H2,1-3H3/b6-5-,19-18+,25-8+,35-20?. The van der Waals surface area contributed by atoms with Crippen molar-refractivity contribution < 1.29 is 13.2 Å². The van der Waals surface area contributed by atoms with Crippen molar-refractivity contribution >= 4 is 34.3 Å². The molecule has 0 heterocycles. The van der Waals surface area contributed by atoms with Crippen LogP contribution in [0.1, 0.15) is 37.5 Å². The predicted octanol–water partition coefficient (Wildman–Crippen LogP) is 9.21. The van der Waals surface area contributed by atoms with Crippen LogP contribution in [-0.2, 0) is 0 Å². The molecular weight excluding hydrogens is 481 g/mol. The van der Waals surface area contributed by atoms with Crippen molar-refractivity contribution in [3.8, 4) is 0 Å². The Hall–Kier alpha value is -3.83. The minimum absolute atomic E-state index is 0.106. The zero-order valence-electron chi connectivity index (χ0n) is 20.2. The Balaban J connectivity index is 1.96. The Morgan fingerprint density at radius 3 is 2.39 bits per heavy atom. The molecule has 0 unspecified atom stereocenters. The molecule has 0 atom stereocenters. The van der Waals surface area contributed by atoms with Crippen molar-refractivity contribution in [1.29, 1.82) is 0 Å². The van der Waals surface area contributed by atoms with Crippen LogP contribution in [-0.4, -0.2) is 5.71 Å². The van der Waals surface area contributed by atoms with E-state index in [0.717, 1.165) is 22.8 Å². The molecule has 1 N–H and O–H groups in total. The minimum atomic E-state index is -0.927. The van der Waals surface area contributed by atoms with Crippen LogP contribution in [0.4, 0.5) is 18.9 Å². The summed E-state index contributed by atoms with van der Waals surface area (Å²) in [6.45, 7) is 9.51. The summed E-state index contributed by atoms with van der Waals surface area (Å²) in [4.78, 5) is 4.39. The lowest BCUT2D eigenvalue weighted by atomic mass is 9.96. The topological polar surface area (TPSA) is 24.4 Å².